The second-order valence-electron chi connectivity index (χ2n) is 5.35. The Hall–Kier alpha value is -1.62. The lowest BCUT2D eigenvalue weighted by molar-refractivity contribution is 0.0754. The molecule has 0 aliphatic carbocycles. The van der Waals surface area contributed by atoms with Gasteiger partial charge in [-0.3, -0.25) is 9.69 Å². The molecule has 4 nitrogen and oxygen atoms in total. The zero-order valence-corrected chi connectivity index (χ0v) is 12.1. The van der Waals surface area contributed by atoms with Crippen LogP contribution in [0, 0.1) is 5.82 Å². The lowest BCUT2D eigenvalue weighted by atomic mass is 10.1. The summed E-state index contributed by atoms with van der Waals surface area (Å²) in [4.78, 5) is 16.4. The van der Waals surface area contributed by atoms with Crippen molar-refractivity contribution in [2.75, 3.05) is 32.4 Å². The highest BCUT2D eigenvalue weighted by Crippen LogP contribution is 2.19. The van der Waals surface area contributed by atoms with Crippen molar-refractivity contribution in [3.05, 3.63) is 29.6 Å². The fourth-order valence-corrected chi connectivity index (χ4v) is 2.81. The number of likely N-dealkylation sites (N-methyl/N-ethyl adjacent to an activating group) is 2. The molecule has 2 N–H and O–H groups in total. The number of anilines is 1. The molecule has 1 aliphatic heterocycles. The van der Waals surface area contributed by atoms with Gasteiger partial charge in [0, 0.05) is 25.2 Å². The number of halogens is 1. The number of amides is 1. The topological polar surface area (TPSA) is 49.6 Å². The van der Waals surface area contributed by atoms with Gasteiger partial charge in [0.25, 0.3) is 5.91 Å². The van der Waals surface area contributed by atoms with Gasteiger partial charge in [-0.05, 0) is 44.1 Å². The van der Waals surface area contributed by atoms with Crippen LogP contribution in [0.2, 0.25) is 0 Å². The maximum atomic E-state index is 13.1. The molecule has 1 saturated heterocycles. The van der Waals surface area contributed by atoms with Crippen LogP contribution >= 0.6 is 0 Å². The summed E-state index contributed by atoms with van der Waals surface area (Å²) in [6.07, 6.45) is 2.31. The molecule has 110 valence electrons. The van der Waals surface area contributed by atoms with Crippen LogP contribution in [-0.2, 0) is 0 Å². The molecular weight excluding hydrogens is 257 g/mol. The molecule has 1 atom stereocenters. The van der Waals surface area contributed by atoms with Crippen molar-refractivity contribution in [2.24, 2.45) is 0 Å². The highest BCUT2D eigenvalue weighted by Gasteiger charge is 2.26. The Bertz CT molecular complexity index is 492. The van der Waals surface area contributed by atoms with Crippen LogP contribution in [0.5, 0.6) is 0 Å². The van der Waals surface area contributed by atoms with Gasteiger partial charge in [0.2, 0.25) is 0 Å². The van der Waals surface area contributed by atoms with E-state index in [1.165, 1.54) is 24.6 Å². The van der Waals surface area contributed by atoms with E-state index in [2.05, 4.69) is 11.8 Å². The summed E-state index contributed by atoms with van der Waals surface area (Å²) in [5.41, 5.74) is 5.96. The molecule has 1 aromatic carbocycles. The summed E-state index contributed by atoms with van der Waals surface area (Å²) < 4.78 is 13.1. The highest BCUT2D eigenvalue weighted by molar-refractivity contribution is 5.94. The number of hydrogen-bond donors (Lipinski definition) is 1. The zero-order valence-electron chi connectivity index (χ0n) is 12.1. The molecule has 20 heavy (non-hydrogen) atoms. The van der Waals surface area contributed by atoms with Gasteiger partial charge in [0.15, 0.2) is 0 Å². The van der Waals surface area contributed by atoms with Crippen molar-refractivity contribution in [1.82, 2.24) is 9.80 Å². The molecule has 0 bridgehead atoms. The minimum absolute atomic E-state index is 0.0142. The fraction of sp³-hybridized carbons (Fsp3) is 0.533. The Morgan fingerprint density at radius 2 is 2.30 bits per heavy atom. The summed E-state index contributed by atoms with van der Waals surface area (Å²) in [5.74, 6) is -0.600. The molecular formula is C15H22FN3O. The van der Waals surface area contributed by atoms with Crippen molar-refractivity contribution in [3.8, 4) is 0 Å². The van der Waals surface area contributed by atoms with E-state index in [4.69, 9.17) is 5.73 Å². The Morgan fingerprint density at radius 3 is 2.95 bits per heavy atom. The SMILES string of the molecule is CCN1CCCC1CN(C)C(=O)c1ccc(F)c(N)c1. The van der Waals surface area contributed by atoms with Gasteiger partial charge in [0.05, 0.1) is 5.69 Å². The van der Waals surface area contributed by atoms with Gasteiger partial charge in [-0.1, -0.05) is 6.92 Å². The zero-order chi connectivity index (χ0) is 14.7. The molecule has 1 amide bonds. The summed E-state index contributed by atoms with van der Waals surface area (Å²) in [7, 11) is 1.79. The van der Waals surface area contributed by atoms with Gasteiger partial charge in [-0.25, -0.2) is 4.39 Å². The number of likely N-dealkylation sites (tertiary alicyclic amines) is 1. The van der Waals surface area contributed by atoms with Gasteiger partial charge in [0.1, 0.15) is 5.82 Å². The predicted octanol–water partition coefficient (Wildman–Crippen LogP) is 1.96. The van der Waals surface area contributed by atoms with Crippen LogP contribution < -0.4 is 5.73 Å². The third-order valence-corrected chi connectivity index (χ3v) is 3.98. The smallest absolute Gasteiger partial charge is 0.253 e. The molecule has 1 aliphatic rings. The number of nitrogen functional groups attached to an aromatic ring is 1. The number of nitrogens with zero attached hydrogens (tertiary/aromatic N) is 2. The molecule has 0 radical (unpaired) electrons. The average Bonchev–Trinajstić information content (AvgIpc) is 2.88. The molecule has 0 spiro atoms. The van der Waals surface area contributed by atoms with E-state index in [1.54, 1.807) is 11.9 Å². The van der Waals surface area contributed by atoms with Crippen molar-refractivity contribution in [1.29, 1.82) is 0 Å². The standard InChI is InChI=1S/C15H22FN3O/c1-3-19-8-4-5-12(19)10-18(2)15(20)11-6-7-13(16)14(17)9-11/h6-7,9,12H,3-5,8,10,17H2,1-2H3. The first-order valence-electron chi connectivity index (χ1n) is 7.07. The van der Waals surface area contributed by atoms with Crippen LogP contribution in [0.25, 0.3) is 0 Å². The van der Waals surface area contributed by atoms with Gasteiger partial charge >= 0.3 is 0 Å². The third kappa shape index (κ3) is 3.10. The van der Waals surface area contributed by atoms with Crippen molar-refractivity contribution in [2.45, 2.75) is 25.8 Å². The lowest BCUT2D eigenvalue weighted by Gasteiger charge is -2.27. The van der Waals surface area contributed by atoms with Crippen molar-refractivity contribution in [3.63, 3.8) is 0 Å². The summed E-state index contributed by atoms with van der Waals surface area (Å²) in [6, 6.07) is 4.55. The summed E-state index contributed by atoms with van der Waals surface area (Å²) in [5, 5.41) is 0. The first-order chi connectivity index (χ1) is 9.52. The highest BCUT2D eigenvalue weighted by atomic mass is 19.1. The number of nitrogens with two attached hydrogens (primary N) is 1. The monoisotopic (exact) mass is 279 g/mol. The van der Waals surface area contributed by atoms with E-state index < -0.39 is 5.82 Å². The second-order valence-corrected chi connectivity index (χ2v) is 5.35. The maximum Gasteiger partial charge on any atom is 0.253 e. The number of carbonyl (C=O) groups excluding carboxylic acids is 1. The molecule has 2 rings (SSSR count). The predicted molar refractivity (Wildman–Crippen MR) is 78.0 cm³/mol. The van der Waals surface area contributed by atoms with E-state index in [0.717, 1.165) is 19.5 Å². The maximum absolute atomic E-state index is 13.1. The number of hydrogen-bond acceptors (Lipinski definition) is 3. The number of carbonyl (C=O) groups is 1. The molecule has 5 heteroatoms. The average molecular weight is 279 g/mol. The Balaban J connectivity index is 2.03. The molecule has 1 unspecified atom stereocenters. The van der Waals surface area contributed by atoms with Crippen LogP contribution in [0.4, 0.5) is 10.1 Å². The van der Waals surface area contributed by atoms with Gasteiger partial charge in [-0.15, -0.1) is 0 Å². The molecule has 1 aromatic rings. The van der Waals surface area contributed by atoms with Crippen molar-refractivity contribution >= 4 is 11.6 Å². The number of rotatable bonds is 4. The second kappa shape index (κ2) is 6.22. The summed E-state index contributed by atoms with van der Waals surface area (Å²) >= 11 is 0. The summed E-state index contributed by atoms with van der Waals surface area (Å²) in [6.45, 7) is 4.95. The van der Waals surface area contributed by atoms with Crippen LogP contribution in [-0.4, -0.2) is 48.4 Å². The van der Waals surface area contributed by atoms with E-state index in [1.807, 2.05) is 0 Å². The largest absolute Gasteiger partial charge is 0.396 e. The number of benzene rings is 1. The van der Waals surface area contributed by atoms with Crippen LogP contribution in [0.3, 0.4) is 0 Å². The van der Waals surface area contributed by atoms with E-state index in [0.29, 0.717) is 18.2 Å². The van der Waals surface area contributed by atoms with Gasteiger partial charge < -0.3 is 10.6 Å². The van der Waals surface area contributed by atoms with E-state index in [-0.39, 0.29) is 11.6 Å². The Kier molecular flexibility index (Phi) is 4.60. The first kappa shape index (κ1) is 14.8. The minimum Gasteiger partial charge on any atom is -0.396 e. The Morgan fingerprint density at radius 1 is 1.55 bits per heavy atom. The molecule has 0 aromatic heterocycles. The van der Waals surface area contributed by atoms with Crippen LogP contribution in [0.1, 0.15) is 30.1 Å². The third-order valence-electron chi connectivity index (χ3n) is 3.98. The molecule has 0 saturated carbocycles. The molecule has 1 fully saturated rings. The quantitative estimate of drug-likeness (QED) is 0.857. The first-order valence-corrected chi connectivity index (χ1v) is 7.07. The lowest BCUT2D eigenvalue weighted by Crippen LogP contribution is -2.41. The normalized spacial score (nSPS) is 19.2. The van der Waals surface area contributed by atoms with Crippen LogP contribution in [0.15, 0.2) is 18.2 Å². The van der Waals surface area contributed by atoms with E-state index >= 15 is 0 Å². The van der Waals surface area contributed by atoms with Gasteiger partial charge in [-0.2, -0.15) is 0 Å². The Labute approximate surface area is 119 Å². The minimum atomic E-state index is -0.489. The van der Waals surface area contributed by atoms with E-state index in [9.17, 15) is 9.18 Å². The molecule has 1 heterocycles. The fourth-order valence-electron chi connectivity index (χ4n) is 2.81. The van der Waals surface area contributed by atoms with Crippen molar-refractivity contribution < 1.29 is 9.18 Å².